The number of nitrogens with zero attached hydrogens (tertiary/aromatic N) is 1. The van der Waals surface area contributed by atoms with Gasteiger partial charge in [-0.3, -0.25) is 14.9 Å². The average Bonchev–Trinajstić information content (AvgIpc) is 2.55. The smallest absolute Gasteiger partial charge is 0.288 e. The van der Waals surface area contributed by atoms with Crippen LogP contribution in [0.3, 0.4) is 0 Å². The molecule has 23 heavy (non-hydrogen) atoms. The van der Waals surface area contributed by atoms with Gasteiger partial charge in [0.15, 0.2) is 0 Å². The maximum Gasteiger partial charge on any atom is 0.288 e. The van der Waals surface area contributed by atoms with E-state index in [9.17, 15) is 14.9 Å². The van der Waals surface area contributed by atoms with Crippen molar-refractivity contribution in [3.63, 3.8) is 0 Å². The zero-order chi connectivity index (χ0) is 16.4. The van der Waals surface area contributed by atoms with Crippen molar-refractivity contribution in [2.75, 3.05) is 5.75 Å². The van der Waals surface area contributed by atoms with E-state index < -0.39 is 4.92 Å². The van der Waals surface area contributed by atoms with Gasteiger partial charge in [-0.25, -0.2) is 0 Å². The minimum atomic E-state index is -0.592. The van der Waals surface area contributed by atoms with E-state index in [0.717, 1.165) is 22.6 Å². The predicted molar refractivity (Wildman–Crippen MR) is 90.1 cm³/mol. The van der Waals surface area contributed by atoms with Gasteiger partial charge in [-0.1, -0.05) is 29.8 Å². The molecule has 0 radical (unpaired) electrons. The highest BCUT2D eigenvalue weighted by Gasteiger charge is 2.23. The number of rotatable bonds is 3. The molecule has 1 atom stereocenters. The summed E-state index contributed by atoms with van der Waals surface area (Å²) in [5, 5.41) is 13.9. The Morgan fingerprint density at radius 2 is 2.09 bits per heavy atom. The number of carbonyl (C=O) groups excluding carboxylic acids is 1. The lowest BCUT2D eigenvalue weighted by Gasteiger charge is -2.25. The number of nitro groups is 1. The molecule has 2 aromatic carbocycles. The lowest BCUT2D eigenvalue weighted by atomic mass is 10.0. The Kier molecular flexibility index (Phi) is 4.54. The highest BCUT2D eigenvalue weighted by atomic mass is 35.5. The van der Waals surface area contributed by atoms with Crippen LogP contribution in [0.25, 0.3) is 0 Å². The van der Waals surface area contributed by atoms with Crippen LogP contribution in [0.5, 0.6) is 0 Å². The summed E-state index contributed by atoms with van der Waals surface area (Å²) in [6.45, 7) is 0. The molecule has 7 heteroatoms. The predicted octanol–water partition coefficient (Wildman–Crippen LogP) is 4.22. The maximum absolute atomic E-state index is 12.4. The molecule has 2 aromatic rings. The lowest BCUT2D eigenvalue weighted by Crippen LogP contribution is -2.30. The molecule has 5 nitrogen and oxygen atoms in total. The van der Waals surface area contributed by atoms with E-state index >= 15 is 0 Å². The Morgan fingerprint density at radius 3 is 2.87 bits per heavy atom. The van der Waals surface area contributed by atoms with Crippen LogP contribution in [0.2, 0.25) is 5.02 Å². The Balaban J connectivity index is 1.83. The van der Waals surface area contributed by atoms with Crippen molar-refractivity contribution in [3.8, 4) is 0 Å². The molecular formula is C16H13ClN2O3S. The van der Waals surface area contributed by atoms with Crippen molar-refractivity contribution in [2.24, 2.45) is 0 Å². The SMILES string of the molecule is O=C(N[C@@H]1CCSc2ccccc21)c1ccc(Cl)c([N+](=O)[O-])c1. The third-order valence-electron chi connectivity index (χ3n) is 3.67. The van der Waals surface area contributed by atoms with Crippen molar-refractivity contribution in [3.05, 3.63) is 68.7 Å². The maximum atomic E-state index is 12.4. The summed E-state index contributed by atoms with van der Waals surface area (Å²) in [6.07, 6.45) is 0.823. The number of benzene rings is 2. The van der Waals surface area contributed by atoms with E-state index in [1.54, 1.807) is 11.8 Å². The third-order valence-corrected chi connectivity index (χ3v) is 5.11. The standard InChI is InChI=1S/C16H13ClN2O3S/c17-12-6-5-10(9-14(12)19(21)22)16(20)18-13-7-8-23-15-4-2-1-3-11(13)15/h1-6,9,13H,7-8H2,(H,18,20)/t13-/m1/s1. The normalized spacial score (nSPS) is 16.5. The molecule has 0 bridgehead atoms. The molecule has 1 heterocycles. The van der Waals surface area contributed by atoms with Gasteiger partial charge in [0.25, 0.3) is 11.6 Å². The minimum Gasteiger partial charge on any atom is -0.345 e. The van der Waals surface area contributed by atoms with Crippen molar-refractivity contribution in [1.29, 1.82) is 0 Å². The van der Waals surface area contributed by atoms with Crippen LogP contribution in [0, 0.1) is 10.1 Å². The Bertz CT molecular complexity index is 782. The molecule has 0 aliphatic carbocycles. The van der Waals surface area contributed by atoms with E-state index in [2.05, 4.69) is 5.32 Å². The first kappa shape index (κ1) is 15.8. The minimum absolute atomic E-state index is 0.0194. The fraction of sp³-hybridized carbons (Fsp3) is 0.188. The van der Waals surface area contributed by atoms with Crippen LogP contribution in [-0.2, 0) is 0 Å². The van der Waals surface area contributed by atoms with Crippen molar-refractivity contribution >= 4 is 35.0 Å². The zero-order valence-electron chi connectivity index (χ0n) is 12.0. The number of nitrogens with one attached hydrogen (secondary N) is 1. The van der Waals surface area contributed by atoms with Crippen LogP contribution in [0.4, 0.5) is 5.69 Å². The number of fused-ring (bicyclic) bond motifs is 1. The van der Waals surface area contributed by atoms with Gasteiger partial charge in [-0.15, -0.1) is 11.8 Å². The number of hydrogen-bond donors (Lipinski definition) is 1. The summed E-state index contributed by atoms with van der Waals surface area (Å²) in [5.74, 6) is 0.583. The van der Waals surface area contributed by atoms with Gasteiger partial charge in [-0.05, 0) is 30.2 Å². The van der Waals surface area contributed by atoms with Crippen molar-refractivity contribution in [2.45, 2.75) is 17.4 Å². The Morgan fingerprint density at radius 1 is 1.30 bits per heavy atom. The Hall–Kier alpha value is -2.05. The summed E-state index contributed by atoms with van der Waals surface area (Å²) >= 11 is 7.54. The fourth-order valence-electron chi connectivity index (χ4n) is 2.53. The van der Waals surface area contributed by atoms with Gasteiger partial charge in [0, 0.05) is 22.3 Å². The quantitative estimate of drug-likeness (QED) is 0.666. The van der Waals surface area contributed by atoms with Crippen LogP contribution in [0.15, 0.2) is 47.4 Å². The van der Waals surface area contributed by atoms with Gasteiger partial charge in [-0.2, -0.15) is 0 Å². The monoisotopic (exact) mass is 348 g/mol. The van der Waals surface area contributed by atoms with E-state index in [1.165, 1.54) is 18.2 Å². The molecule has 0 fully saturated rings. The molecular weight excluding hydrogens is 336 g/mol. The van der Waals surface area contributed by atoms with E-state index in [1.807, 2.05) is 24.3 Å². The molecule has 0 unspecified atom stereocenters. The lowest BCUT2D eigenvalue weighted by molar-refractivity contribution is -0.384. The number of halogens is 1. The van der Waals surface area contributed by atoms with Crippen LogP contribution < -0.4 is 5.32 Å². The summed E-state index contributed by atoms with van der Waals surface area (Å²) in [4.78, 5) is 23.9. The first-order valence-electron chi connectivity index (χ1n) is 7.03. The highest BCUT2D eigenvalue weighted by Crippen LogP contribution is 2.36. The van der Waals surface area contributed by atoms with Crippen molar-refractivity contribution < 1.29 is 9.72 Å². The van der Waals surface area contributed by atoms with E-state index in [0.29, 0.717) is 0 Å². The van der Waals surface area contributed by atoms with E-state index in [4.69, 9.17) is 11.6 Å². The largest absolute Gasteiger partial charge is 0.345 e. The second-order valence-electron chi connectivity index (χ2n) is 5.12. The van der Waals surface area contributed by atoms with Gasteiger partial charge in [0.2, 0.25) is 0 Å². The Labute approximate surface area is 142 Å². The number of amides is 1. The molecule has 0 spiro atoms. The first-order chi connectivity index (χ1) is 11.1. The fourth-order valence-corrected chi connectivity index (χ4v) is 3.84. The van der Waals surface area contributed by atoms with Gasteiger partial charge in [0.1, 0.15) is 5.02 Å². The topological polar surface area (TPSA) is 72.2 Å². The second-order valence-corrected chi connectivity index (χ2v) is 6.67. The summed E-state index contributed by atoms with van der Waals surface area (Å²) in [6, 6.07) is 11.9. The molecule has 0 aromatic heterocycles. The summed E-state index contributed by atoms with van der Waals surface area (Å²) in [7, 11) is 0. The molecule has 1 aliphatic rings. The molecule has 118 valence electrons. The third kappa shape index (κ3) is 3.33. The van der Waals surface area contributed by atoms with Gasteiger partial charge >= 0.3 is 0 Å². The average molecular weight is 349 g/mol. The van der Waals surface area contributed by atoms with Crippen LogP contribution >= 0.6 is 23.4 Å². The van der Waals surface area contributed by atoms with Gasteiger partial charge < -0.3 is 5.32 Å². The van der Waals surface area contributed by atoms with Crippen LogP contribution in [0.1, 0.15) is 28.4 Å². The molecule has 1 N–H and O–H groups in total. The van der Waals surface area contributed by atoms with E-state index in [-0.39, 0.29) is 28.2 Å². The number of thioether (sulfide) groups is 1. The molecule has 1 aliphatic heterocycles. The summed E-state index contributed by atoms with van der Waals surface area (Å²) < 4.78 is 0. The summed E-state index contributed by atoms with van der Waals surface area (Å²) in [5.41, 5.74) is 1.05. The second kappa shape index (κ2) is 6.60. The van der Waals surface area contributed by atoms with Crippen LogP contribution in [-0.4, -0.2) is 16.6 Å². The first-order valence-corrected chi connectivity index (χ1v) is 8.39. The van der Waals surface area contributed by atoms with Crippen molar-refractivity contribution in [1.82, 2.24) is 5.32 Å². The molecule has 3 rings (SSSR count). The zero-order valence-corrected chi connectivity index (χ0v) is 13.6. The molecule has 0 saturated heterocycles. The molecule has 0 saturated carbocycles. The highest BCUT2D eigenvalue weighted by molar-refractivity contribution is 7.99. The number of hydrogen-bond acceptors (Lipinski definition) is 4. The number of carbonyl (C=O) groups is 1. The number of nitro benzene ring substituents is 1. The molecule has 1 amide bonds. The van der Waals surface area contributed by atoms with Gasteiger partial charge in [0.05, 0.1) is 11.0 Å².